The lowest BCUT2D eigenvalue weighted by atomic mass is 9.89. The van der Waals surface area contributed by atoms with Gasteiger partial charge in [-0.25, -0.2) is 0 Å². The Morgan fingerprint density at radius 3 is 1.80 bits per heavy atom. The minimum atomic E-state index is 0.574. The average molecular weight is 258 g/mol. The predicted molar refractivity (Wildman–Crippen MR) is 84.7 cm³/mol. The van der Waals surface area contributed by atoms with Crippen molar-refractivity contribution in [3.05, 3.63) is 84.0 Å². The van der Waals surface area contributed by atoms with Crippen LogP contribution in [-0.2, 0) is 0 Å². The van der Waals surface area contributed by atoms with Crippen LogP contribution in [0.25, 0.3) is 11.1 Å². The topological polar surface area (TPSA) is 0 Å². The van der Waals surface area contributed by atoms with E-state index in [9.17, 15) is 0 Å². The first-order valence-corrected chi connectivity index (χ1v) is 7.47. The van der Waals surface area contributed by atoms with E-state index in [4.69, 9.17) is 0 Å². The summed E-state index contributed by atoms with van der Waals surface area (Å²) in [5.74, 6) is 1.21. The molecule has 20 heavy (non-hydrogen) atoms. The highest BCUT2D eigenvalue weighted by atomic mass is 14.3. The van der Waals surface area contributed by atoms with Gasteiger partial charge < -0.3 is 0 Å². The molecule has 0 radical (unpaired) electrons. The SMILES string of the molecule is C1=CC(CCC2c3ccccc3-c3ccccc32)C=C1. The Kier molecular flexibility index (Phi) is 2.81. The molecule has 2 aliphatic rings. The van der Waals surface area contributed by atoms with E-state index in [0.717, 1.165) is 0 Å². The lowest BCUT2D eigenvalue weighted by molar-refractivity contribution is 0.615. The fourth-order valence-corrected chi connectivity index (χ4v) is 3.60. The van der Waals surface area contributed by atoms with Crippen LogP contribution < -0.4 is 0 Å². The fourth-order valence-electron chi connectivity index (χ4n) is 3.60. The van der Waals surface area contributed by atoms with Crippen molar-refractivity contribution in [2.75, 3.05) is 0 Å². The lowest BCUT2D eigenvalue weighted by Crippen LogP contribution is -2.00. The van der Waals surface area contributed by atoms with Gasteiger partial charge in [0.1, 0.15) is 0 Å². The molecule has 0 saturated heterocycles. The zero-order chi connectivity index (χ0) is 13.4. The molecule has 0 atom stereocenters. The summed E-state index contributed by atoms with van der Waals surface area (Å²) in [7, 11) is 0. The van der Waals surface area contributed by atoms with Crippen LogP contribution in [0.3, 0.4) is 0 Å². The number of fused-ring (bicyclic) bond motifs is 3. The van der Waals surface area contributed by atoms with Crippen molar-refractivity contribution in [1.29, 1.82) is 0 Å². The number of hydrogen-bond donors (Lipinski definition) is 0. The van der Waals surface area contributed by atoms with Crippen molar-refractivity contribution in [1.82, 2.24) is 0 Å². The van der Waals surface area contributed by atoms with E-state index >= 15 is 0 Å². The van der Waals surface area contributed by atoms with Gasteiger partial charge in [-0.05, 0) is 41.0 Å². The second-order valence-corrected chi connectivity index (χ2v) is 5.74. The van der Waals surface area contributed by atoms with E-state index in [1.54, 1.807) is 0 Å². The molecule has 0 spiro atoms. The van der Waals surface area contributed by atoms with Crippen LogP contribution in [0.15, 0.2) is 72.8 Å². The van der Waals surface area contributed by atoms with Crippen LogP contribution in [-0.4, -0.2) is 0 Å². The third kappa shape index (κ3) is 1.84. The number of allylic oxidation sites excluding steroid dienone is 4. The van der Waals surface area contributed by atoms with Crippen molar-refractivity contribution >= 4 is 0 Å². The second-order valence-electron chi connectivity index (χ2n) is 5.74. The molecule has 0 aromatic heterocycles. The first-order chi connectivity index (χ1) is 9.93. The van der Waals surface area contributed by atoms with Crippen molar-refractivity contribution in [3.8, 4) is 11.1 Å². The van der Waals surface area contributed by atoms with Gasteiger partial charge in [0.15, 0.2) is 0 Å². The largest absolute Gasteiger partial charge is 0.0776 e. The Labute approximate surface area is 120 Å². The zero-order valence-corrected chi connectivity index (χ0v) is 11.5. The number of benzene rings is 2. The van der Waals surface area contributed by atoms with Gasteiger partial charge >= 0.3 is 0 Å². The quantitative estimate of drug-likeness (QED) is 0.698. The summed E-state index contributed by atoms with van der Waals surface area (Å²) in [6, 6.07) is 17.8. The molecule has 0 heterocycles. The molecule has 0 heteroatoms. The van der Waals surface area contributed by atoms with Gasteiger partial charge in [-0.1, -0.05) is 72.8 Å². The number of hydrogen-bond acceptors (Lipinski definition) is 0. The molecule has 0 nitrogen and oxygen atoms in total. The van der Waals surface area contributed by atoms with Crippen molar-refractivity contribution in [2.45, 2.75) is 18.8 Å². The van der Waals surface area contributed by atoms with Gasteiger partial charge in [-0.15, -0.1) is 0 Å². The normalized spacial score (nSPS) is 16.6. The summed E-state index contributed by atoms with van der Waals surface area (Å²) >= 11 is 0. The van der Waals surface area contributed by atoms with Gasteiger partial charge in [0.25, 0.3) is 0 Å². The molecule has 0 aliphatic heterocycles. The smallest absolute Gasteiger partial charge is 0.0102 e. The zero-order valence-electron chi connectivity index (χ0n) is 11.5. The minimum Gasteiger partial charge on any atom is -0.0776 e. The fraction of sp³-hybridized carbons (Fsp3) is 0.200. The summed E-state index contributed by atoms with van der Waals surface area (Å²) in [6.45, 7) is 0. The molecule has 4 rings (SSSR count). The van der Waals surface area contributed by atoms with E-state index in [1.165, 1.54) is 35.1 Å². The maximum absolute atomic E-state index is 2.31. The molecule has 98 valence electrons. The molecule has 0 amide bonds. The average Bonchev–Trinajstić information content (AvgIpc) is 3.11. The first kappa shape index (κ1) is 11.7. The summed E-state index contributed by atoms with van der Waals surface area (Å²) in [5.41, 5.74) is 5.90. The molecular formula is C20H18. The summed E-state index contributed by atoms with van der Waals surface area (Å²) in [5, 5.41) is 0. The maximum Gasteiger partial charge on any atom is 0.0102 e. The second kappa shape index (κ2) is 4.79. The summed E-state index contributed by atoms with van der Waals surface area (Å²) in [4.78, 5) is 0. The third-order valence-corrected chi connectivity index (χ3v) is 4.58. The molecule has 2 aromatic rings. The Balaban J connectivity index is 1.68. The Hall–Kier alpha value is -2.08. The molecule has 2 aromatic carbocycles. The van der Waals surface area contributed by atoms with Gasteiger partial charge in [-0.2, -0.15) is 0 Å². The van der Waals surface area contributed by atoms with E-state index < -0.39 is 0 Å². The van der Waals surface area contributed by atoms with Gasteiger partial charge in [0.2, 0.25) is 0 Å². The van der Waals surface area contributed by atoms with Gasteiger partial charge in [-0.3, -0.25) is 0 Å². The van der Waals surface area contributed by atoms with Crippen molar-refractivity contribution < 1.29 is 0 Å². The van der Waals surface area contributed by atoms with Crippen LogP contribution in [0.5, 0.6) is 0 Å². The van der Waals surface area contributed by atoms with Crippen LogP contribution in [0.4, 0.5) is 0 Å². The van der Waals surface area contributed by atoms with E-state index in [2.05, 4.69) is 72.8 Å². The highest BCUT2D eigenvalue weighted by Gasteiger charge is 2.27. The highest BCUT2D eigenvalue weighted by Crippen LogP contribution is 2.47. The molecule has 0 bridgehead atoms. The number of rotatable bonds is 3. The monoisotopic (exact) mass is 258 g/mol. The van der Waals surface area contributed by atoms with Gasteiger partial charge in [0.05, 0.1) is 0 Å². The summed E-state index contributed by atoms with van der Waals surface area (Å²) in [6.07, 6.45) is 11.4. The van der Waals surface area contributed by atoms with Crippen LogP contribution in [0, 0.1) is 5.92 Å². The van der Waals surface area contributed by atoms with Crippen LogP contribution in [0.2, 0.25) is 0 Å². The highest BCUT2D eigenvalue weighted by molar-refractivity contribution is 5.78. The standard InChI is InChI=1S/C20H18/c1-2-8-15(7-1)13-14-20-18-11-5-3-9-16(18)17-10-4-6-12-19(17)20/h1-12,15,20H,13-14H2. The first-order valence-electron chi connectivity index (χ1n) is 7.47. The third-order valence-electron chi connectivity index (χ3n) is 4.58. The summed E-state index contributed by atoms with van der Waals surface area (Å²) < 4.78 is 0. The van der Waals surface area contributed by atoms with E-state index in [1.807, 2.05) is 0 Å². The molecule has 0 saturated carbocycles. The van der Waals surface area contributed by atoms with Crippen molar-refractivity contribution in [2.24, 2.45) is 5.92 Å². The lowest BCUT2D eigenvalue weighted by Gasteiger charge is -2.15. The predicted octanol–water partition coefficient (Wildman–Crippen LogP) is 5.32. The Bertz CT molecular complexity index is 633. The maximum atomic E-state index is 2.31. The van der Waals surface area contributed by atoms with E-state index in [0.29, 0.717) is 11.8 Å². The minimum absolute atomic E-state index is 0.574. The molecule has 0 N–H and O–H groups in total. The Morgan fingerprint density at radius 2 is 1.20 bits per heavy atom. The van der Waals surface area contributed by atoms with Gasteiger partial charge in [0, 0.05) is 5.92 Å². The molecular weight excluding hydrogens is 240 g/mol. The molecule has 0 unspecified atom stereocenters. The molecule has 0 fully saturated rings. The van der Waals surface area contributed by atoms with E-state index in [-0.39, 0.29) is 0 Å². The van der Waals surface area contributed by atoms with Crippen molar-refractivity contribution in [3.63, 3.8) is 0 Å². The Morgan fingerprint density at radius 1 is 0.650 bits per heavy atom. The molecule has 2 aliphatic carbocycles. The van der Waals surface area contributed by atoms with Crippen LogP contribution in [0.1, 0.15) is 29.9 Å². The van der Waals surface area contributed by atoms with Crippen LogP contribution >= 0.6 is 0 Å².